The van der Waals surface area contributed by atoms with Crippen LogP contribution in [0.25, 0.3) is 0 Å². The molecule has 26 heavy (non-hydrogen) atoms. The Labute approximate surface area is 153 Å². The minimum atomic E-state index is -4.72. The van der Waals surface area contributed by atoms with Gasteiger partial charge in [0.1, 0.15) is 10.5 Å². The highest BCUT2D eigenvalue weighted by Gasteiger charge is 2.67. The monoisotopic (exact) mass is 382 g/mol. The first-order valence-corrected chi connectivity index (χ1v) is 8.92. The zero-order valence-electron chi connectivity index (χ0n) is 13.9. The first-order valence-electron chi connectivity index (χ1n) is 7.94. The van der Waals surface area contributed by atoms with Gasteiger partial charge in [0, 0.05) is 11.3 Å². The summed E-state index contributed by atoms with van der Waals surface area (Å²) < 4.78 is 45.3. The van der Waals surface area contributed by atoms with Gasteiger partial charge in [0.15, 0.2) is 5.78 Å². The number of hydrogen-bond donors (Lipinski definition) is 1. The Kier molecular flexibility index (Phi) is 5.03. The van der Waals surface area contributed by atoms with E-state index in [1.165, 1.54) is 43.5 Å². The molecule has 2 aromatic rings. The number of aliphatic hydroxyl groups excluding tert-OH is 1. The number of halogens is 3. The van der Waals surface area contributed by atoms with Crippen molar-refractivity contribution < 1.29 is 27.8 Å². The fourth-order valence-corrected chi connectivity index (χ4v) is 4.87. The van der Waals surface area contributed by atoms with Gasteiger partial charge in [-0.25, -0.2) is 0 Å². The van der Waals surface area contributed by atoms with Crippen LogP contribution in [0.1, 0.15) is 15.9 Å². The summed E-state index contributed by atoms with van der Waals surface area (Å²) in [4.78, 5) is 12.9. The number of ether oxygens (including phenoxy) is 1. The van der Waals surface area contributed by atoms with Crippen molar-refractivity contribution in [1.82, 2.24) is 0 Å². The van der Waals surface area contributed by atoms with Crippen LogP contribution in [0.3, 0.4) is 0 Å². The van der Waals surface area contributed by atoms with Crippen LogP contribution in [0.15, 0.2) is 54.6 Å². The summed E-state index contributed by atoms with van der Waals surface area (Å²) in [6.07, 6.45) is -6.12. The molecule has 7 heteroatoms. The number of hydrogen-bond acceptors (Lipinski definition) is 4. The lowest BCUT2D eigenvalue weighted by molar-refractivity contribution is -0.174. The van der Waals surface area contributed by atoms with Gasteiger partial charge in [-0.15, -0.1) is 11.8 Å². The highest BCUT2D eigenvalue weighted by Crippen LogP contribution is 2.60. The van der Waals surface area contributed by atoms with E-state index in [4.69, 9.17) is 4.74 Å². The van der Waals surface area contributed by atoms with Crippen molar-refractivity contribution in [2.75, 3.05) is 12.9 Å². The zero-order valence-corrected chi connectivity index (χ0v) is 14.7. The third-order valence-electron chi connectivity index (χ3n) is 4.59. The maximum absolute atomic E-state index is 14.3. The summed E-state index contributed by atoms with van der Waals surface area (Å²) in [6.45, 7) is 0. The number of aliphatic hydroxyl groups is 1. The van der Waals surface area contributed by atoms with E-state index in [0.717, 1.165) is 0 Å². The van der Waals surface area contributed by atoms with E-state index in [2.05, 4.69) is 0 Å². The topological polar surface area (TPSA) is 46.5 Å². The van der Waals surface area contributed by atoms with Crippen LogP contribution in [0, 0.1) is 5.92 Å². The number of alkyl halides is 3. The summed E-state index contributed by atoms with van der Waals surface area (Å²) in [5.41, 5.74) is 0.0859. The van der Waals surface area contributed by atoms with E-state index in [9.17, 15) is 23.1 Å². The lowest BCUT2D eigenvalue weighted by atomic mass is 9.77. The van der Waals surface area contributed by atoms with E-state index in [1.54, 1.807) is 18.2 Å². The molecule has 0 spiro atoms. The SMILES string of the molecule is COc1ccc([C@@]2(C(F)(F)F)SC[C@@H](O)[C@H]2C(=O)c2ccccc2)cc1. The molecule has 1 saturated heterocycles. The molecule has 1 fully saturated rings. The van der Waals surface area contributed by atoms with E-state index in [1.807, 2.05) is 0 Å². The molecular formula is C19H17F3O3S. The standard InChI is InChI=1S/C19H17F3O3S/c1-25-14-9-7-13(8-10-14)18(19(20,21)22)16(15(23)11-26-18)17(24)12-5-3-2-4-6-12/h2-10,15-16,23H,11H2,1H3/t15-,16+,18-/m1/s1. The van der Waals surface area contributed by atoms with Crippen LogP contribution in [-0.4, -0.2) is 36.0 Å². The maximum atomic E-state index is 14.3. The number of carbonyl (C=O) groups excluding carboxylic acids is 1. The van der Waals surface area contributed by atoms with Crippen LogP contribution in [0.4, 0.5) is 13.2 Å². The Balaban J connectivity index is 2.14. The van der Waals surface area contributed by atoms with Crippen LogP contribution < -0.4 is 4.74 Å². The molecule has 0 aromatic heterocycles. The van der Waals surface area contributed by atoms with Crippen LogP contribution in [-0.2, 0) is 4.75 Å². The van der Waals surface area contributed by atoms with Gasteiger partial charge in [-0.3, -0.25) is 4.79 Å². The van der Waals surface area contributed by atoms with Gasteiger partial charge in [-0.1, -0.05) is 42.5 Å². The molecule has 1 aliphatic rings. The molecule has 3 rings (SSSR count). The first-order chi connectivity index (χ1) is 12.3. The highest BCUT2D eigenvalue weighted by molar-refractivity contribution is 8.00. The van der Waals surface area contributed by atoms with Crippen molar-refractivity contribution in [3.63, 3.8) is 0 Å². The van der Waals surface area contributed by atoms with Crippen molar-refractivity contribution >= 4 is 17.5 Å². The van der Waals surface area contributed by atoms with Gasteiger partial charge >= 0.3 is 6.18 Å². The van der Waals surface area contributed by atoms with Crippen LogP contribution in [0.5, 0.6) is 5.75 Å². The smallest absolute Gasteiger partial charge is 0.408 e. The van der Waals surface area contributed by atoms with E-state index >= 15 is 0 Å². The fourth-order valence-electron chi connectivity index (χ4n) is 3.34. The number of Topliss-reactive ketones (excluding diaryl/α,β-unsaturated/α-hetero) is 1. The number of thioether (sulfide) groups is 1. The molecule has 0 saturated carbocycles. The predicted molar refractivity (Wildman–Crippen MR) is 93.5 cm³/mol. The largest absolute Gasteiger partial charge is 0.497 e. The number of methoxy groups -OCH3 is 1. The summed E-state index contributed by atoms with van der Waals surface area (Å²) in [7, 11) is 1.42. The second-order valence-corrected chi connectivity index (χ2v) is 7.31. The normalized spacial score (nSPS) is 25.9. The molecule has 0 amide bonds. The van der Waals surface area contributed by atoms with Crippen LogP contribution >= 0.6 is 11.8 Å². The van der Waals surface area contributed by atoms with Gasteiger partial charge in [0.2, 0.25) is 0 Å². The van der Waals surface area contributed by atoms with Crippen molar-refractivity contribution in [2.45, 2.75) is 17.0 Å². The molecule has 1 N–H and O–H groups in total. The Morgan fingerprint density at radius 3 is 2.31 bits per heavy atom. The molecule has 2 aromatic carbocycles. The van der Waals surface area contributed by atoms with E-state index < -0.39 is 28.7 Å². The molecule has 1 aliphatic heterocycles. The lowest BCUT2D eigenvalue weighted by Gasteiger charge is -2.37. The molecule has 0 bridgehead atoms. The van der Waals surface area contributed by atoms with Gasteiger partial charge in [-0.2, -0.15) is 13.2 Å². The Bertz CT molecular complexity index is 777. The minimum Gasteiger partial charge on any atom is -0.497 e. The Hall–Kier alpha value is -1.99. The maximum Gasteiger partial charge on any atom is 0.408 e. The molecule has 0 unspecified atom stereocenters. The molecule has 3 atom stereocenters. The Morgan fingerprint density at radius 1 is 1.15 bits per heavy atom. The molecule has 138 valence electrons. The van der Waals surface area contributed by atoms with E-state index in [-0.39, 0.29) is 16.9 Å². The number of benzene rings is 2. The molecular weight excluding hydrogens is 365 g/mol. The summed E-state index contributed by atoms with van der Waals surface area (Å²) >= 11 is 0.566. The van der Waals surface area contributed by atoms with Crippen molar-refractivity contribution in [2.24, 2.45) is 5.92 Å². The average Bonchev–Trinajstić information content (AvgIpc) is 3.00. The predicted octanol–water partition coefficient (Wildman–Crippen LogP) is 4.06. The lowest BCUT2D eigenvalue weighted by Crippen LogP contribution is -2.49. The first kappa shape index (κ1) is 18.8. The van der Waals surface area contributed by atoms with Crippen LogP contribution in [0.2, 0.25) is 0 Å². The van der Waals surface area contributed by atoms with Gasteiger partial charge in [-0.05, 0) is 17.7 Å². The molecule has 0 radical (unpaired) electrons. The van der Waals surface area contributed by atoms with Gasteiger partial charge < -0.3 is 9.84 Å². The van der Waals surface area contributed by atoms with Gasteiger partial charge in [0.05, 0.1) is 19.1 Å². The number of rotatable bonds is 4. The average molecular weight is 382 g/mol. The quantitative estimate of drug-likeness (QED) is 0.810. The second-order valence-electron chi connectivity index (χ2n) is 6.05. The number of carbonyl (C=O) groups is 1. The molecule has 3 nitrogen and oxygen atoms in total. The summed E-state index contributed by atoms with van der Waals surface area (Å²) in [5, 5.41) is 10.3. The minimum absolute atomic E-state index is 0.0679. The Morgan fingerprint density at radius 2 is 1.77 bits per heavy atom. The van der Waals surface area contributed by atoms with Crippen molar-refractivity contribution in [1.29, 1.82) is 0 Å². The zero-order chi connectivity index (χ0) is 18.9. The molecule has 1 heterocycles. The third-order valence-corrected chi connectivity index (χ3v) is 6.27. The fraction of sp³-hybridized carbons (Fsp3) is 0.316. The van der Waals surface area contributed by atoms with Crippen molar-refractivity contribution in [3.05, 3.63) is 65.7 Å². The van der Waals surface area contributed by atoms with E-state index in [0.29, 0.717) is 17.5 Å². The molecule has 0 aliphatic carbocycles. The highest BCUT2D eigenvalue weighted by atomic mass is 32.2. The van der Waals surface area contributed by atoms with Crippen molar-refractivity contribution in [3.8, 4) is 5.75 Å². The third kappa shape index (κ3) is 2.99. The number of ketones is 1. The second kappa shape index (κ2) is 6.96. The summed E-state index contributed by atoms with van der Waals surface area (Å²) in [5.74, 6) is -2.09. The van der Waals surface area contributed by atoms with Gasteiger partial charge in [0.25, 0.3) is 0 Å². The summed E-state index contributed by atoms with van der Waals surface area (Å²) in [6, 6.07) is 13.3.